The summed E-state index contributed by atoms with van der Waals surface area (Å²) in [6.07, 6.45) is 0.337. The normalized spacial score (nSPS) is 24.8. The molecule has 0 amide bonds. The van der Waals surface area contributed by atoms with E-state index in [0.29, 0.717) is 0 Å². The molecule has 0 spiro atoms. The second kappa shape index (κ2) is 5.82. The van der Waals surface area contributed by atoms with Gasteiger partial charge in [-0.25, -0.2) is 13.4 Å². The fourth-order valence-corrected chi connectivity index (χ4v) is 3.77. The van der Waals surface area contributed by atoms with Crippen LogP contribution in [-0.4, -0.2) is 54.7 Å². The zero-order valence-corrected chi connectivity index (χ0v) is 12.4. The van der Waals surface area contributed by atoms with Gasteiger partial charge in [-0.15, -0.1) is 0 Å². The molecule has 2 atom stereocenters. The molecule has 0 saturated carbocycles. The van der Waals surface area contributed by atoms with Crippen molar-refractivity contribution in [2.75, 3.05) is 25.4 Å². The minimum Gasteiger partial charge on any atom is -0.394 e. The van der Waals surface area contributed by atoms with Gasteiger partial charge in [-0.3, -0.25) is 0 Å². The molecule has 1 aliphatic heterocycles. The Morgan fingerprint density at radius 3 is 2.90 bits per heavy atom. The van der Waals surface area contributed by atoms with E-state index < -0.39 is 16.1 Å². The number of anilines is 1. The standard InChI is InChI=1S/C11H16ClN3O4S/c1-7-4-15(5-8(6-16)19-7)20(17,18)9-2-10(12)11(13)14-3-9/h2-3,7-8,16H,4-6H2,1H3,(H2,13,14). The van der Waals surface area contributed by atoms with E-state index in [-0.39, 0.29) is 41.5 Å². The largest absolute Gasteiger partial charge is 0.394 e. The topological polar surface area (TPSA) is 106 Å². The molecule has 2 heterocycles. The summed E-state index contributed by atoms with van der Waals surface area (Å²) in [5.74, 6) is 0.0780. The average Bonchev–Trinajstić information content (AvgIpc) is 2.41. The van der Waals surface area contributed by atoms with E-state index in [1.807, 2.05) is 0 Å². The van der Waals surface area contributed by atoms with Crippen molar-refractivity contribution in [1.82, 2.24) is 9.29 Å². The fourth-order valence-electron chi connectivity index (χ4n) is 2.02. The van der Waals surface area contributed by atoms with Crippen LogP contribution in [0.15, 0.2) is 17.2 Å². The summed E-state index contributed by atoms with van der Waals surface area (Å²) in [7, 11) is -3.74. The Hall–Kier alpha value is -0.930. The summed E-state index contributed by atoms with van der Waals surface area (Å²) in [4.78, 5) is 3.73. The van der Waals surface area contributed by atoms with Crippen LogP contribution in [0.2, 0.25) is 5.02 Å². The van der Waals surface area contributed by atoms with Crippen molar-refractivity contribution in [3.05, 3.63) is 17.3 Å². The third-order valence-corrected chi connectivity index (χ3v) is 5.08. The van der Waals surface area contributed by atoms with E-state index in [0.717, 1.165) is 0 Å². The predicted octanol–water partition coefficient (Wildman–Crippen LogP) is 0.0875. The summed E-state index contributed by atoms with van der Waals surface area (Å²) >= 11 is 5.81. The molecule has 0 bridgehead atoms. The van der Waals surface area contributed by atoms with Crippen LogP contribution in [0.25, 0.3) is 0 Å². The van der Waals surface area contributed by atoms with Gasteiger partial charge in [-0.2, -0.15) is 4.31 Å². The molecule has 2 unspecified atom stereocenters. The molecule has 0 aromatic carbocycles. The zero-order valence-electron chi connectivity index (χ0n) is 10.9. The van der Waals surface area contributed by atoms with Gasteiger partial charge in [0.2, 0.25) is 10.0 Å². The van der Waals surface area contributed by atoms with Crippen molar-refractivity contribution in [2.24, 2.45) is 0 Å². The average molecular weight is 322 g/mol. The number of ether oxygens (including phenoxy) is 1. The number of rotatable bonds is 3. The summed E-state index contributed by atoms with van der Waals surface area (Å²) in [6.45, 7) is 1.81. The summed E-state index contributed by atoms with van der Waals surface area (Å²) in [6, 6.07) is 1.27. The van der Waals surface area contributed by atoms with Crippen molar-refractivity contribution in [1.29, 1.82) is 0 Å². The zero-order chi connectivity index (χ0) is 14.9. The van der Waals surface area contributed by atoms with E-state index in [4.69, 9.17) is 27.2 Å². The van der Waals surface area contributed by atoms with Crippen LogP contribution in [0, 0.1) is 0 Å². The number of nitrogen functional groups attached to an aromatic ring is 1. The molecular formula is C11H16ClN3O4S. The molecule has 7 nitrogen and oxygen atoms in total. The lowest BCUT2D eigenvalue weighted by molar-refractivity contribution is -0.0750. The first-order chi connectivity index (χ1) is 9.34. The molecule has 1 aromatic heterocycles. The molecule has 9 heteroatoms. The maximum absolute atomic E-state index is 12.5. The lowest BCUT2D eigenvalue weighted by Crippen LogP contribution is -2.50. The third kappa shape index (κ3) is 3.04. The van der Waals surface area contributed by atoms with Gasteiger partial charge in [-0.1, -0.05) is 11.6 Å². The number of aliphatic hydroxyl groups excluding tert-OH is 1. The Morgan fingerprint density at radius 2 is 2.30 bits per heavy atom. The molecule has 2 rings (SSSR count). The second-order valence-corrected chi connectivity index (χ2v) is 6.96. The van der Waals surface area contributed by atoms with Gasteiger partial charge in [0, 0.05) is 19.3 Å². The highest BCUT2D eigenvalue weighted by molar-refractivity contribution is 7.89. The van der Waals surface area contributed by atoms with Crippen molar-refractivity contribution in [2.45, 2.75) is 24.0 Å². The first kappa shape index (κ1) is 15.5. The van der Waals surface area contributed by atoms with Gasteiger partial charge < -0.3 is 15.6 Å². The molecule has 20 heavy (non-hydrogen) atoms. The highest BCUT2D eigenvalue weighted by atomic mass is 35.5. The van der Waals surface area contributed by atoms with Crippen molar-refractivity contribution >= 4 is 27.4 Å². The van der Waals surface area contributed by atoms with Gasteiger partial charge in [-0.05, 0) is 13.0 Å². The number of halogens is 1. The van der Waals surface area contributed by atoms with Crippen LogP contribution in [0.4, 0.5) is 5.82 Å². The quantitative estimate of drug-likeness (QED) is 0.817. The number of nitrogens with two attached hydrogens (primary N) is 1. The molecule has 1 fully saturated rings. The number of hydrogen-bond donors (Lipinski definition) is 2. The Kier molecular flexibility index (Phi) is 4.50. The Bertz CT molecular complexity index is 595. The van der Waals surface area contributed by atoms with Gasteiger partial charge in [0.05, 0.1) is 23.8 Å². The highest BCUT2D eigenvalue weighted by Gasteiger charge is 2.34. The molecular weight excluding hydrogens is 306 g/mol. The summed E-state index contributed by atoms with van der Waals surface area (Å²) in [5, 5.41) is 9.24. The monoisotopic (exact) mass is 321 g/mol. The SMILES string of the molecule is CC1CN(S(=O)(=O)c2cnc(N)c(Cl)c2)CC(CO)O1. The smallest absolute Gasteiger partial charge is 0.244 e. The van der Waals surface area contributed by atoms with E-state index in [9.17, 15) is 8.42 Å². The molecule has 0 aliphatic carbocycles. The number of hydrogen-bond acceptors (Lipinski definition) is 6. The minimum atomic E-state index is -3.74. The van der Waals surface area contributed by atoms with E-state index in [1.165, 1.54) is 16.6 Å². The van der Waals surface area contributed by atoms with Crippen molar-refractivity contribution in [3.63, 3.8) is 0 Å². The highest BCUT2D eigenvalue weighted by Crippen LogP contribution is 2.24. The molecule has 3 N–H and O–H groups in total. The number of aliphatic hydroxyl groups is 1. The summed E-state index contributed by atoms with van der Waals surface area (Å²) in [5.41, 5.74) is 5.47. The molecule has 112 valence electrons. The van der Waals surface area contributed by atoms with Crippen LogP contribution < -0.4 is 5.73 Å². The van der Waals surface area contributed by atoms with E-state index in [1.54, 1.807) is 6.92 Å². The third-order valence-electron chi connectivity index (χ3n) is 2.98. The van der Waals surface area contributed by atoms with Crippen molar-refractivity contribution in [3.8, 4) is 0 Å². The van der Waals surface area contributed by atoms with Crippen LogP contribution >= 0.6 is 11.6 Å². The molecule has 0 radical (unpaired) electrons. The first-order valence-corrected chi connectivity index (χ1v) is 7.84. The Labute approximate surface area is 122 Å². The van der Waals surface area contributed by atoms with Gasteiger partial charge in [0.1, 0.15) is 10.7 Å². The molecule has 1 aromatic rings. The van der Waals surface area contributed by atoms with Gasteiger partial charge in [0.25, 0.3) is 0 Å². The number of pyridine rings is 1. The lowest BCUT2D eigenvalue weighted by atomic mass is 10.2. The van der Waals surface area contributed by atoms with Gasteiger partial charge in [0.15, 0.2) is 0 Å². The van der Waals surface area contributed by atoms with Crippen LogP contribution in [0.1, 0.15) is 6.92 Å². The van der Waals surface area contributed by atoms with Gasteiger partial charge >= 0.3 is 0 Å². The van der Waals surface area contributed by atoms with Crippen molar-refractivity contribution < 1.29 is 18.3 Å². The Balaban J connectivity index is 2.31. The number of morpholine rings is 1. The Morgan fingerprint density at radius 1 is 1.60 bits per heavy atom. The predicted molar refractivity (Wildman–Crippen MR) is 73.8 cm³/mol. The summed E-state index contributed by atoms with van der Waals surface area (Å²) < 4.78 is 31.7. The van der Waals surface area contributed by atoms with E-state index >= 15 is 0 Å². The minimum absolute atomic E-state index is 0.0255. The first-order valence-electron chi connectivity index (χ1n) is 6.02. The maximum Gasteiger partial charge on any atom is 0.244 e. The maximum atomic E-state index is 12.5. The molecule has 1 aliphatic rings. The van der Waals surface area contributed by atoms with Crippen LogP contribution in [-0.2, 0) is 14.8 Å². The lowest BCUT2D eigenvalue weighted by Gasteiger charge is -2.35. The second-order valence-electron chi connectivity index (χ2n) is 4.61. The molecule has 1 saturated heterocycles. The van der Waals surface area contributed by atoms with Crippen LogP contribution in [0.3, 0.4) is 0 Å². The van der Waals surface area contributed by atoms with Crippen LogP contribution in [0.5, 0.6) is 0 Å². The fraction of sp³-hybridized carbons (Fsp3) is 0.545. The van der Waals surface area contributed by atoms with E-state index in [2.05, 4.69) is 4.98 Å². The number of sulfonamides is 1. The number of aromatic nitrogens is 1. The number of nitrogens with zero attached hydrogens (tertiary/aromatic N) is 2.